The minimum atomic E-state index is -0.352. The lowest BCUT2D eigenvalue weighted by Gasteiger charge is -2.47. The van der Waals surface area contributed by atoms with Crippen LogP contribution in [-0.4, -0.2) is 88.7 Å². The Labute approximate surface area is 235 Å². The minimum absolute atomic E-state index is 0.122. The number of methoxy groups -OCH3 is 2. The van der Waals surface area contributed by atoms with Gasteiger partial charge in [-0.1, -0.05) is 6.42 Å². The summed E-state index contributed by atoms with van der Waals surface area (Å²) < 4.78 is 12.6. The summed E-state index contributed by atoms with van der Waals surface area (Å²) in [5.74, 6) is 1.02. The van der Waals surface area contributed by atoms with Gasteiger partial charge in [-0.05, 0) is 49.6 Å². The van der Waals surface area contributed by atoms with E-state index in [1.54, 1.807) is 42.0 Å². The van der Waals surface area contributed by atoms with E-state index in [9.17, 15) is 9.59 Å². The van der Waals surface area contributed by atoms with Crippen molar-refractivity contribution >= 4 is 23.1 Å². The summed E-state index contributed by atoms with van der Waals surface area (Å²) in [5.41, 5.74) is 3.51. The Balaban J connectivity index is 1.19. The van der Waals surface area contributed by atoms with Crippen LogP contribution in [0.25, 0.3) is 5.52 Å². The maximum absolute atomic E-state index is 13.7. The molecular formula is C30H38N6O4. The van der Waals surface area contributed by atoms with Gasteiger partial charge in [0.25, 0.3) is 0 Å². The summed E-state index contributed by atoms with van der Waals surface area (Å²) in [6.45, 7) is 6.89. The smallest absolute Gasteiger partial charge is 0.331 e. The molecule has 3 aromatic rings. The van der Waals surface area contributed by atoms with Crippen molar-refractivity contribution in [3.63, 3.8) is 0 Å². The molecule has 1 aliphatic carbocycles. The van der Waals surface area contributed by atoms with Crippen molar-refractivity contribution in [2.45, 2.75) is 57.8 Å². The number of urea groups is 1. The molecule has 2 aliphatic heterocycles. The number of piperazine rings is 1. The zero-order valence-electron chi connectivity index (χ0n) is 23.6. The summed E-state index contributed by atoms with van der Waals surface area (Å²) >= 11 is 0. The van der Waals surface area contributed by atoms with E-state index in [1.807, 2.05) is 12.3 Å². The van der Waals surface area contributed by atoms with Crippen molar-refractivity contribution in [3.05, 3.63) is 53.9 Å². The molecule has 1 aromatic carbocycles. The van der Waals surface area contributed by atoms with Crippen molar-refractivity contribution in [2.75, 3.05) is 45.3 Å². The summed E-state index contributed by atoms with van der Waals surface area (Å²) in [6, 6.07) is 10.6. The van der Waals surface area contributed by atoms with Gasteiger partial charge in [0.15, 0.2) is 0 Å². The van der Waals surface area contributed by atoms with Crippen LogP contribution in [0.4, 0.5) is 10.5 Å². The first-order chi connectivity index (χ1) is 19.4. The highest BCUT2D eigenvalue weighted by atomic mass is 16.5. The number of amides is 3. The standard InChI is InChI=1S/C30H38N6O4/c1-21-18-32(13-14-33(21)24-5-4-6-24)19-22-9-12-36-26(15-22)27(17-31-36)34-11-10-29(37)35(30(34)38)20-23-7-8-25(39-2)16-28(23)40-3/h7-9,12,15-17,21,24H,4-6,10-11,13-14,18-20H2,1-3H3/t21-/m0/s1. The van der Waals surface area contributed by atoms with Crippen LogP contribution >= 0.6 is 0 Å². The number of carbonyl (C=O) groups is 2. The number of carbonyl (C=O) groups excluding carboxylic acids is 2. The number of nitrogens with zero attached hydrogens (tertiary/aromatic N) is 6. The fraction of sp³-hybridized carbons (Fsp3) is 0.500. The first-order valence-electron chi connectivity index (χ1n) is 14.2. The second-order valence-corrected chi connectivity index (χ2v) is 11.1. The molecule has 0 bridgehead atoms. The van der Waals surface area contributed by atoms with E-state index in [2.05, 4.69) is 34.0 Å². The zero-order chi connectivity index (χ0) is 27.8. The molecule has 212 valence electrons. The normalized spacial score (nSPS) is 21.2. The fourth-order valence-electron chi connectivity index (χ4n) is 6.25. The molecule has 10 nitrogen and oxygen atoms in total. The molecular weight excluding hydrogens is 508 g/mol. The number of fused-ring (bicyclic) bond motifs is 1. The highest BCUT2D eigenvalue weighted by Gasteiger charge is 2.35. The van der Waals surface area contributed by atoms with E-state index in [0.29, 0.717) is 29.8 Å². The number of aromatic nitrogens is 2. The largest absolute Gasteiger partial charge is 0.497 e. The molecule has 6 rings (SSSR count). The van der Waals surface area contributed by atoms with Crippen LogP contribution in [-0.2, 0) is 17.9 Å². The van der Waals surface area contributed by atoms with Gasteiger partial charge in [0.05, 0.1) is 38.2 Å². The lowest BCUT2D eigenvalue weighted by Crippen LogP contribution is -2.56. The zero-order valence-corrected chi connectivity index (χ0v) is 23.6. The molecule has 2 saturated heterocycles. The van der Waals surface area contributed by atoms with Crippen LogP contribution in [0, 0.1) is 0 Å². The molecule has 3 aliphatic rings. The van der Waals surface area contributed by atoms with Crippen molar-refractivity contribution in [1.29, 1.82) is 0 Å². The quantitative estimate of drug-likeness (QED) is 0.425. The second-order valence-electron chi connectivity index (χ2n) is 11.1. The topological polar surface area (TPSA) is 82.9 Å². The molecule has 3 amide bonds. The maximum atomic E-state index is 13.7. The second kappa shape index (κ2) is 11.1. The maximum Gasteiger partial charge on any atom is 0.331 e. The number of hydrogen-bond acceptors (Lipinski definition) is 7. The SMILES string of the molecule is COc1ccc(CN2C(=O)CCN(c3cnn4ccc(CN5CCN(C6CCC6)[C@@H](C)C5)cc34)C2=O)c(OC)c1. The number of ether oxygens (including phenoxy) is 2. The van der Waals surface area contributed by atoms with Gasteiger partial charge in [0.2, 0.25) is 5.91 Å². The summed E-state index contributed by atoms with van der Waals surface area (Å²) in [4.78, 5) is 34.7. The Kier molecular flexibility index (Phi) is 7.37. The van der Waals surface area contributed by atoms with Crippen LogP contribution in [0.2, 0.25) is 0 Å². The van der Waals surface area contributed by atoms with Crippen LogP contribution in [0.15, 0.2) is 42.7 Å². The fourth-order valence-corrected chi connectivity index (χ4v) is 6.25. The molecule has 10 heteroatoms. The highest BCUT2D eigenvalue weighted by molar-refractivity contribution is 6.07. The predicted molar refractivity (Wildman–Crippen MR) is 152 cm³/mol. The van der Waals surface area contributed by atoms with Crippen LogP contribution in [0.1, 0.15) is 43.7 Å². The highest BCUT2D eigenvalue weighted by Crippen LogP contribution is 2.31. The first kappa shape index (κ1) is 26.6. The third-order valence-electron chi connectivity index (χ3n) is 8.70. The molecule has 0 unspecified atom stereocenters. The molecule has 2 aromatic heterocycles. The average Bonchev–Trinajstić information content (AvgIpc) is 3.34. The van der Waals surface area contributed by atoms with Gasteiger partial charge in [-0.2, -0.15) is 5.10 Å². The van der Waals surface area contributed by atoms with E-state index in [-0.39, 0.29) is 24.9 Å². The van der Waals surface area contributed by atoms with Gasteiger partial charge in [-0.25, -0.2) is 9.31 Å². The van der Waals surface area contributed by atoms with E-state index in [0.717, 1.165) is 43.3 Å². The van der Waals surface area contributed by atoms with E-state index in [4.69, 9.17) is 9.47 Å². The number of imide groups is 1. The van der Waals surface area contributed by atoms with Crippen LogP contribution in [0.5, 0.6) is 11.5 Å². The monoisotopic (exact) mass is 546 g/mol. The van der Waals surface area contributed by atoms with Gasteiger partial charge in [0, 0.05) is 69.1 Å². The molecule has 4 heterocycles. The Bertz CT molecular complexity index is 1400. The van der Waals surface area contributed by atoms with Crippen molar-refractivity contribution in [1.82, 2.24) is 24.3 Å². The third kappa shape index (κ3) is 5.01. The van der Waals surface area contributed by atoms with E-state index in [1.165, 1.54) is 29.7 Å². The number of pyridine rings is 1. The number of rotatable bonds is 8. The number of hydrogen-bond donors (Lipinski definition) is 0. The van der Waals surface area contributed by atoms with Crippen LogP contribution < -0.4 is 14.4 Å². The molecule has 40 heavy (non-hydrogen) atoms. The van der Waals surface area contributed by atoms with Crippen molar-refractivity contribution < 1.29 is 19.1 Å². The van der Waals surface area contributed by atoms with Crippen LogP contribution in [0.3, 0.4) is 0 Å². The molecule has 1 saturated carbocycles. The predicted octanol–water partition coefficient (Wildman–Crippen LogP) is 3.77. The summed E-state index contributed by atoms with van der Waals surface area (Å²) in [7, 11) is 3.15. The van der Waals surface area contributed by atoms with E-state index >= 15 is 0 Å². The first-order valence-corrected chi connectivity index (χ1v) is 14.2. The lowest BCUT2D eigenvalue weighted by molar-refractivity contribution is -0.129. The Hall–Kier alpha value is -3.63. The van der Waals surface area contributed by atoms with Gasteiger partial charge >= 0.3 is 6.03 Å². The Morgan fingerprint density at radius 3 is 2.58 bits per heavy atom. The summed E-state index contributed by atoms with van der Waals surface area (Å²) in [5, 5.41) is 4.51. The van der Waals surface area contributed by atoms with Gasteiger partial charge < -0.3 is 9.47 Å². The van der Waals surface area contributed by atoms with E-state index < -0.39 is 0 Å². The number of benzene rings is 1. The average molecular weight is 547 g/mol. The molecule has 0 spiro atoms. The molecule has 3 fully saturated rings. The lowest BCUT2D eigenvalue weighted by atomic mass is 9.89. The minimum Gasteiger partial charge on any atom is -0.497 e. The van der Waals surface area contributed by atoms with Gasteiger partial charge in [-0.3, -0.25) is 24.4 Å². The molecule has 0 N–H and O–H groups in total. The number of anilines is 1. The Morgan fingerprint density at radius 2 is 1.85 bits per heavy atom. The summed E-state index contributed by atoms with van der Waals surface area (Å²) in [6.07, 6.45) is 7.98. The third-order valence-corrected chi connectivity index (χ3v) is 8.70. The van der Waals surface area contributed by atoms with Crippen molar-refractivity contribution in [2.24, 2.45) is 0 Å². The molecule has 1 atom stereocenters. The Morgan fingerprint density at radius 1 is 1.00 bits per heavy atom. The van der Waals surface area contributed by atoms with Gasteiger partial charge in [-0.15, -0.1) is 0 Å². The van der Waals surface area contributed by atoms with Crippen molar-refractivity contribution in [3.8, 4) is 11.5 Å². The van der Waals surface area contributed by atoms with Gasteiger partial charge in [0.1, 0.15) is 11.5 Å². The molecule has 0 radical (unpaired) electrons.